The zero-order chi connectivity index (χ0) is 20.8. The first-order valence-corrected chi connectivity index (χ1v) is 12.2. The third-order valence-corrected chi connectivity index (χ3v) is 7.11. The number of fused-ring (bicyclic) bond motifs is 1. The number of hydrogen-bond donors (Lipinski definition) is 0. The molecule has 0 radical (unpaired) electrons. The fourth-order valence-electron chi connectivity index (χ4n) is 4.02. The molecule has 0 spiro atoms. The smallest absolute Gasteiger partial charge is 0.209 e. The highest BCUT2D eigenvalue weighted by atomic mass is 32.2. The van der Waals surface area contributed by atoms with Crippen molar-refractivity contribution >= 4 is 22.5 Å². The summed E-state index contributed by atoms with van der Waals surface area (Å²) in [5.41, 5.74) is 1.36. The number of hydrogen-bond acceptors (Lipinski definition) is 3. The zero-order valence-corrected chi connectivity index (χ0v) is 18.9. The van der Waals surface area contributed by atoms with Crippen LogP contribution in [0.3, 0.4) is 0 Å². The van der Waals surface area contributed by atoms with Gasteiger partial charge in [-0.25, -0.2) is 0 Å². The van der Waals surface area contributed by atoms with Crippen LogP contribution >= 0.6 is 11.8 Å². The van der Waals surface area contributed by atoms with E-state index in [-0.39, 0.29) is 6.29 Å². The molecule has 30 heavy (non-hydrogen) atoms. The second-order valence-corrected chi connectivity index (χ2v) is 9.38. The highest BCUT2D eigenvalue weighted by molar-refractivity contribution is 7.99. The lowest BCUT2D eigenvalue weighted by atomic mass is 9.99. The molecule has 0 aromatic heterocycles. The van der Waals surface area contributed by atoms with Crippen LogP contribution in [0.2, 0.25) is 0 Å². The number of thioether (sulfide) groups is 1. The first-order valence-electron chi connectivity index (χ1n) is 11.2. The molecular weight excluding hydrogens is 388 g/mol. The number of rotatable bonds is 9. The first-order chi connectivity index (χ1) is 14.7. The molecule has 3 heteroatoms. The molecule has 3 aromatic carbocycles. The van der Waals surface area contributed by atoms with Gasteiger partial charge < -0.3 is 9.47 Å². The van der Waals surface area contributed by atoms with Crippen molar-refractivity contribution in [2.24, 2.45) is 0 Å². The maximum atomic E-state index is 6.38. The summed E-state index contributed by atoms with van der Waals surface area (Å²) in [6.07, 6.45) is 6.06. The number of ether oxygens (including phenoxy) is 2. The molecule has 1 aliphatic rings. The molecule has 0 heterocycles. The van der Waals surface area contributed by atoms with Gasteiger partial charge in [-0.2, -0.15) is 0 Å². The van der Waals surface area contributed by atoms with Crippen molar-refractivity contribution in [3.63, 3.8) is 0 Å². The lowest BCUT2D eigenvalue weighted by Crippen LogP contribution is -2.28. The molecule has 1 aliphatic carbocycles. The third-order valence-electron chi connectivity index (χ3n) is 6.08. The van der Waals surface area contributed by atoms with E-state index in [0.717, 1.165) is 30.8 Å². The molecule has 0 amide bonds. The maximum absolute atomic E-state index is 6.38. The Labute approximate surface area is 185 Å². The SMILES string of the molecule is CCC(C)c1ccc(OC(CSc2ccc3ccccc3c2)OC2CCCC2)cc1. The Balaban J connectivity index is 1.43. The largest absolute Gasteiger partial charge is 0.464 e. The molecule has 0 bridgehead atoms. The van der Waals surface area contributed by atoms with Gasteiger partial charge in [0.2, 0.25) is 6.29 Å². The van der Waals surface area contributed by atoms with Crippen LogP contribution in [0.25, 0.3) is 10.8 Å². The Hall–Kier alpha value is -1.97. The summed E-state index contributed by atoms with van der Waals surface area (Å²) in [7, 11) is 0. The maximum Gasteiger partial charge on any atom is 0.209 e. The summed E-state index contributed by atoms with van der Waals surface area (Å²) in [6.45, 7) is 4.49. The Morgan fingerprint density at radius 3 is 2.40 bits per heavy atom. The van der Waals surface area contributed by atoms with Crippen molar-refractivity contribution < 1.29 is 9.47 Å². The third kappa shape index (κ3) is 5.59. The summed E-state index contributed by atoms with van der Waals surface area (Å²) in [5, 5.41) is 2.55. The zero-order valence-electron chi connectivity index (χ0n) is 18.1. The van der Waals surface area contributed by atoms with Gasteiger partial charge in [-0.1, -0.05) is 69.2 Å². The average Bonchev–Trinajstić information content (AvgIpc) is 3.30. The Morgan fingerprint density at radius 2 is 1.67 bits per heavy atom. The van der Waals surface area contributed by atoms with E-state index in [1.807, 2.05) is 11.8 Å². The van der Waals surface area contributed by atoms with Crippen molar-refractivity contribution in [1.82, 2.24) is 0 Å². The van der Waals surface area contributed by atoms with Gasteiger partial charge in [-0.15, -0.1) is 11.8 Å². The van der Waals surface area contributed by atoms with E-state index < -0.39 is 0 Å². The van der Waals surface area contributed by atoms with Gasteiger partial charge in [-0.05, 0) is 65.8 Å². The van der Waals surface area contributed by atoms with Gasteiger partial charge in [0.15, 0.2) is 0 Å². The molecule has 0 N–H and O–H groups in total. The second-order valence-electron chi connectivity index (χ2n) is 8.29. The van der Waals surface area contributed by atoms with Crippen molar-refractivity contribution in [3.05, 3.63) is 72.3 Å². The quantitative estimate of drug-likeness (QED) is 0.260. The predicted octanol–water partition coefficient (Wildman–Crippen LogP) is 7.81. The van der Waals surface area contributed by atoms with Crippen LogP contribution in [-0.4, -0.2) is 18.1 Å². The fourth-order valence-corrected chi connectivity index (χ4v) is 4.87. The van der Waals surface area contributed by atoms with E-state index in [1.54, 1.807) is 0 Å². The molecule has 0 saturated heterocycles. The van der Waals surface area contributed by atoms with Crippen molar-refractivity contribution in [1.29, 1.82) is 0 Å². The molecular formula is C27H32O2S. The highest BCUT2D eigenvalue weighted by Gasteiger charge is 2.22. The van der Waals surface area contributed by atoms with Crippen molar-refractivity contribution in [2.75, 3.05) is 5.75 Å². The molecule has 0 aliphatic heterocycles. The average molecular weight is 421 g/mol. The minimum atomic E-state index is -0.237. The molecule has 2 nitrogen and oxygen atoms in total. The molecule has 4 rings (SSSR count). The van der Waals surface area contributed by atoms with Crippen LogP contribution in [0.4, 0.5) is 0 Å². The second kappa shape index (κ2) is 10.4. The van der Waals surface area contributed by atoms with E-state index in [4.69, 9.17) is 9.47 Å². The summed E-state index contributed by atoms with van der Waals surface area (Å²) in [5.74, 6) is 2.25. The van der Waals surface area contributed by atoms with Crippen LogP contribution in [0.1, 0.15) is 57.4 Å². The molecule has 1 fully saturated rings. The van der Waals surface area contributed by atoms with Crippen LogP contribution in [0.5, 0.6) is 5.75 Å². The lowest BCUT2D eigenvalue weighted by molar-refractivity contribution is -0.101. The molecule has 1 saturated carbocycles. The van der Waals surface area contributed by atoms with E-state index in [1.165, 1.54) is 34.1 Å². The Morgan fingerprint density at radius 1 is 0.933 bits per heavy atom. The van der Waals surface area contributed by atoms with Gasteiger partial charge in [0.25, 0.3) is 0 Å². The van der Waals surface area contributed by atoms with E-state index in [0.29, 0.717) is 12.0 Å². The highest BCUT2D eigenvalue weighted by Crippen LogP contribution is 2.29. The Kier molecular flexibility index (Phi) is 7.35. The molecule has 2 unspecified atom stereocenters. The number of benzene rings is 3. The van der Waals surface area contributed by atoms with E-state index in [2.05, 4.69) is 80.6 Å². The molecule has 2 atom stereocenters. The van der Waals surface area contributed by atoms with Gasteiger partial charge in [-0.3, -0.25) is 0 Å². The lowest BCUT2D eigenvalue weighted by Gasteiger charge is -2.23. The monoisotopic (exact) mass is 420 g/mol. The van der Waals surface area contributed by atoms with Crippen LogP contribution < -0.4 is 4.74 Å². The summed E-state index contributed by atoms with van der Waals surface area (Å²) in [6, 6.07) is 23.7. The molecule has 3 aromatic rings. The van der Waals surface area contributed by atoms with Gasteiger partial charge >= 0.3 is 0 Å². The fraction of sp³-hybridized carbons (Fsp3) is 0.407. The van der Waals surface area contributed by atoms with Crippen LogP contribution in [-0.2, 0) is 4.74 Å². The van der Waals surface area contributed by atoms with Gasteiger partial charge in [0.05, 0.1) is 11.9 Å². The van der Waals surface area contributed by atoms with E-state index >= 15 is 0 Å². The van der Waals surface area contributed by atoms with Crippen molar-refractivity contribution in [3.8, 4) is 5.75 Å². The summed E-state index contributed by atoms with van der Waals surface area (Å²) >= 11 is 1.81. The minimum Gasteiger partial charge on any atom is -0.464 e. The molecule has 158 valence electrons. The van der Waals surface area contributed by atoms with E-state index in [9.17, 15) is 0 Å². The normalized spacial score (nSPS) is 16.6. The van der Waals surface area contributed by atoms with Crippen LogP contribution in [0, 0.1) is 0 Å². The topological polar surface area (TPSA) is 18.5 Å². The minimum absolute atomic E-state index is 0.237. The standard InChI is InChI=1S/C27H32O2S/c1-3-20(2)21-12-15-25(16-13-21)29-27(28-24-10-6-7-11-24)19-30-26-17-14-22-8-4-5-9-23(22)18-26/h4-5,8-9,12-18,20,24,27H,3,6-7,10-11,19H2,1-2H3. The first kappa shape index (κ1) is 21.3. The summed E-state index contributed by atoms with van der Waals surface area (Å²) < 4.78 is 12.7. The van der Waals surface area contributed by atoms with Gasteiger partial charge in [0.1, 0.15) is 5.75 Å². The Bertz CT molecular complexity index is 931. The van der Waals surface area contributed by atoms with Crippen LogP contribution in [0.15, 0.2) is 71.6 Å². The summed E-state index contributed by atoms with van der Waals surface area (Å²) in [4.78, 5) is 1.25. The predicted molar refractivity (Wildman–Crippen MR) is 128 cm³/mol. The van der Waals surface area contributed by atoms with Gasteiger partial charge in [0, 0.05) is 4.90 Å². The van der Waals surface area contributed by atoms with Crippen molar-refractivity contribution in [2.45, 2.75) is 69.2 Å².